The van der Waals surface area contributed by atoms with Crippen molar-refractivity contribution < 1.29 is 9.90 Å². The number of aliphatic hydroxyl groups is 1. The van der Waals surface area contributed by atoms with Crippen molar-refractivity contribution in [2.75, 3.05) is 0 Å². The molecule has 0 aromatic rings. The summed E-state index contributed by atoms with van der Waals surface area (Å²) >= 11 is 0. The van der Waals surface area contributed by atoms with Crippen LogP contribution in [-0.4, -0.2) is 17.0 Å². The first kappa shape index (κ1) is 16.0. The van der Waals surface area contributed by atoms with Crippen LogP contribution in [0.5, 0.6) is 0 Å². The van der Waals surface area contributed by atoms with Gasteiger partial charge in [-0.1, -0.05) is 45.4 Å². The Morgan fingerprint density at radius 2 is 1.95 bits per heavy atom. The van der Waals surface area contributed by atoms with Crippen LogP contribution >= 0.6 is 0 Å². The fraction of sp³-hybridized carbons (Fsp3) is 0.750. The number of hydrogen-bond acceptors (Lipinski definition) is 2. The smallest absolute Gasteiger partial charge is 0.139 e. The number of aliphatic hydroxyl groups excluding tert-OH is 1. The van der Waals surface area contributed by atoms with Gasteiger partial charge in [-0.15, -0.1) is 6.58 Å². The zero-order valence-electron chi connectivity index (χ0n) is 14.5. The molecule has 5 atom stereocenters. The Morgan fingerprint density at radius 3 is 2.59 bits per heavy atom. The van der Waals surface area contributed by atoms with Crippen molar-refractivity contribution >= 4 is 5.78 Å². The topological polar surface area (TPSA) is 37.3 Å². The predicted molar refractivity (Wildman–Crippen MR) is 89.4 cm³/mol. The summed E-state index contributed by atoms with van der Waals surface area (Å²) < 4.78 is 0. The van der Waals surface area contributed by atoms with Crippen LogP contribution in [-0.2, 0) is 4.79 Å². The van der Waals surface area contributed by atoms with Crippen LogP contribution in [0.25, 0.3) is 0 Å². The molecular weight excluding hydrogens is 272 g/mol. The minimum atomic E-state index is -0.404. The number of hydrogen-bond donors (Lipinski definition) is 1. The van der Waals surface area contributed by atoms with E-state index in [4.69, 9.17) is 0 Å². The van der Waals surface area contributed by atoms with Gasteiger partial charge in [-0.3, -0.25) is 4.79 Å². The van der Waals surface area contributed by atoms with Gasteiger partial charge in [0.15, 0.2) is 0 Å². The molecule has 2 saturated carbocycles. The number of rotatable bonds is 1. The molecule has 2 fully saturated rings. The Labute approximate surface area is 134 Å². The molecule has 0 aromatic carbocycles. The van der Waals surface area contributed by atoms with Gasteiger partial charge in [0.25, 0.3) is 0 Å². The zero-order valence-corrected chi connectivity index (χ0v) is 14.5. The summed E-state index contributed by atoms with van der Waals surface area (Å²) in [7, 11) is 0. The van der Waals surface area contributed by atoms with E-state index < -0.39 is 11.5 Å². The van der Waals surface area contributed by atoms with Crippen LogP contribution in [0.2, 0.25) is 0 Å². The molecule has 0 saturated heterocycles. The molecule has 3 aliphatic rings. The molecule has 0 aliphatic heterocycles. The molecule has 2 heteroatoms. The maximum absolute atomic E-state index is 12.9. The summed E-state index contributed by atoms with van der Waals surface area (Å²) in [4.78, 5) is 12.9. The van der Waals surface area contributed by atoms with Gasteiger partial charge in [0, 0.05) is 23.2 Å². The van der Waals surface area contributed by atoms with E-state index in [0.29, 0.717) is 18.1 Å². The molecule has 122 valence electrons. The maximum Gasteiger partial charge on any atom is 0.139 e. The van der Waals surface area contributed by atoms with Gasteiger partial charge in [0.05, 0.1) is 6.10 Å². The lowest BCUT2D eigenvalue weighted by Crippen LogP contribution is -2.60. The van der Waals surface area contributed by atoms with Crippen molar-refractivity contribution in [2.24, 2.45) is 28.1 Å². The summed E-state index contributed by atoms with van der Waals surface area (Å²) in [5.74, 6) is 0.756. The summed E-state index contributed by atoms with van der Waals surface area (Å²) in [6.07, 6.45) is 8.29. The number of Topliss-reactive ketones (excluding diaryl/α,β-unsaturated/α-hetero) is 1. The van der Waals surface area contributed by atoms with E-state index in [1.54, 1.807) is 0 Å². The number of carbonyl (C=O) groups is 1. The molecule has 22 heavy (non-hydrogen) atoms. The number of fused-ring (bicyclic) bond motifs is 3. The van der Waals surface area contributed by atoms with Crippen molar-refractivity contribution in [2.45, 2.75) is 65.9 Å². The highest BCUT2D eigenvalue weighted by atomic mass is 16.3. The van der Waals surface area contributed by atoms with Crippen molar-refractivity contribution in [1.29, 1.82) is 0 Å². The minimum absolute atomic E-state index is 0.0159. The third-order valence-corrected chi connectivity index (χ3v) is 7.04. The molecule has 2 nitrogen and oxygen atoms in total. The molecule has 0 radical (unpaired) electrons. The second kappa shape index (κ2) is 4.80. The van der Waals surface area contributed by atoms with E-state index in [1.165, 1.54) is 5.57 Å². The molecule has 0 bridgehead atoms. The third-order valence-electron chi connectivity index (χ3n) is 7.04. The van der Waals surface area contributed by atoms with Crippen LogP contribution in [0.3, 0.4) is 0 Å². The van der Waals surface area contributed by atoms with Crippen molar-refractivity contribution in [3.05, 3.63) is 24.3 Å². The van der Waals surface area contributed by atoms with Gasteiger partial charge in [-0.25, -0.2) is 0 Å². The van der Waals surface area contributed by atoms with Crippen LogP contribution < -0.4 is 0 Å². The maximum atomic E-state index is 12.9. The highest BCUT2D eigenvalue weighted by molar-refractivity contribution is 5.87. The second-order valence-corrected chi connectivity index (χ2v) is 8.96. The fourth-order valence-electron chi connectivity index (χ4n) is 5.82. The van der Waals surface area contributed by atoms with Gasteiger partial charge in [0.1, 0.15) is 5.78 Å². The van der Waals surface area contributed by atoms with Crippen LogP contribution in [0.1, 0.15) is 59.8 Å². The Kier molecular flexibility index (Phi) is 3.49. The predicted octanol–water partition coefficient (Wildman–Crippen LogP) is 4.29. The normalized spacial score (nSPS) is 47.2. The lowest BCUT2D eigenvalue weighted by molar-refractivity contribution is -0.162. The first-order chi connectivity index (χ1) is 10.1. The van der Waals surface area contributed by atoms with Crippen LogP contribution in [0.4, 0.5) is 0 Å². The molecule has 0 spiro atoms. The quantitative estimate of drug-likeness (QED) is 0.734. The molecule has 0 heterocycles. The first-order valence-electron chi connectivity index (χ1n) is 8.71. The molecule has 0 aromatic heterocycles. The van der Waals surface area contributed by atoms with Gasteiger partial charge in [-0.2, -0.15) is 0 Å². The summed E-state index contributed by atoms with van der Waals surface area (Å²) in [6.45, 7) is 12.8. The summed E-state index contributed by atoms with van der Waals surface area (Å²) in [6, 6.07) is 0. The largest absolute Gasteiger partial charge is 0.392 e. The third kappa shape index (κ3) is 2.06. The van der Waals surface area contributed by atoms with Gasteiger partial charge in [-0.05, 0) is 37.0 Å². The SMILES string of the molecule is C=CC1(C)C=C2CC(O)C3C(C)(C)CCC(=O)C3(C)C2CC1. The summed E-state index contributed by atoms with van der Waals surface area (Å²) in [5.41, 5.74) is 0.952. The minimum Gasteiger partial charge on any atom is -0.392 e. The van der Waals surface area contributed by atoms with E-state index in [0.717, 1.165) is 25.7 Å². The van der Waals surface area contributed by atoms with Crippen molar-refractivity contribution in [3.63, 3.8) is 0 Å². The van der Waals surface area contributed by atoms with E-state index in [-0.39, 0.29) is 16.7 Å². The highest BCUT2D eigenvalue weighted by Crippen LogP contribution is 2.62. The lowest BCUT2D eigenvalue weighted by atomic mass is 9.44. The van der Waals surface area contributed by atoms with Crippen molar-refractivity contribution in [3.8, 4) is 0 Å². The van der Waals surface area contributed by atoms with E-state index in [1.807, 2.05) is 6.08 Å². The van der Waals surface area contributed by atoms with Crippen molar-refractivity contribution in [1.82, 2.24) is 0 Å². The van der Waals surface area contributed by atoms with Crippen LogP contribution in [0.15, 0.2) is 24.3 Å². The molecular formula is C20H30O2. The molecule has 3 rings (SSSR count). The van der Waals surface area contributed by atoms with Crippen LogP contribution in [0, 0.1) is 28.1 Å². The Morgan fingerprint density at radius 1 is 1.27 bits per heavy atom. The standard InChI is InChI=1S/C20H30O2/c1-6-19(4)10-7-14-13(12-19)11-15(21)17-18(2,3)9-8-16(22)20(14,17)5/h6,12,14-15,17,21H,1,7-11H2,2-5H3. The van der Waals surface area contributed by atoms with E-state index in [9.17, 15) is 9.90 Å². The van der Waals surface area contributed by atoms with E-state index >= 15 is 0 Å². The fourth-order valence-corrected chi connectivity index (χ4v) is 5.82. The van der Waals surface area contributed by atoms with Gasteiger partial charge < -0.3 is 5.11 Å². The van der Waals surface area contributed by atoms with Gasteiger partial charge in [0.2, 0.25) is 0 Å². The number of carbonyl (C=O) groups excluding carboxylic acids is 1. The zero-order chi connectivity index (χ0) is 16.3. The molecule has 5 unspecified atom stereocenters. The van der Waals surface area contributed by atoms with Gasteiger partial charge >= 0.3 is 0 Å². The number of allylic oxidation sites excluding steroid dienone is 2. The first-order valence-corrected chi connectivity index (χ1v) is 8.71. The Hall–Kier alpha value is -0.890. The Balaban J connectivity index is 2.09. The molecule has 3 aliphatic carbocycles. The molecule has 0 amide bonds. The molecule has 1 N–H and O–H groups in total. The summed E-state index contributed by atoms with van der Waals surface area (Å²) in [5, 5.41) is 10.9. The average molecular weight is 302 g/mol. The lowest BCUT2D eigenvalue weighted by Gasteiger charge is -2.59. The monoisotopic (exact) mass is 302 g/mol. The highest BCUT2D eigenvalue weighted by Gasteiger charge is 2.61. The second-order valence-electron chi connectivity index (χ2n) is 8.96. The number of ketones is 1. The van der Waals surface area contributed by atoms with E-state index in [2.05, 4.69) is 40.3 Å². The Bertz CT molecular complexity index is 544. The average Bonchev–Trinajstić information content (AvgIpc) is 2.42.